The maximum absolute atomic E-state index is 12.3. The van der Waals surface area contributed by atoms with Gasteiger partial charge in [-0.3, -0.25) is 14.5 Å². The number of β-lactam (4-membered cyclic amide) rings is 1. The van der Waals surface area contributed by atoms with Crippen LogP contribution in [0.2, 0.25) is 0 Å². The highest BCUT2D eigenvalue weighted by Crippen LogP contribution is 2.40. The first kappa shape index (κ1) is 17.3. The molecule has 2 amide bonds. The van der Waals surface area contributed by atoms with Gasteiger partial charge < -0.3 is 15.5 Å². The van der Waals surface area contributed by atoms with Gasteiger partial charge in [-0.1, -0.05) is 24.3 Å². The predicted octanol–water partition coefficient (Wildman–Crippen LogP) is 0.266. The molecule has 0 bridgehead atoms. The van der Waals surface area contributed by atoms with Crippen molar-refractivity contribution in [3.05, 3.63) is 46.9 Å². The SMILES string of the molecule is CC1=C(C(=O)O)N2C(=O)[C@@H](NC(=O)CCC([O-])=C3C=CC=C3)[C@H]2SC1. The third kappa shape index (κ3) is 3.21. The van der Waals surface area contributed by atoms with E-state index in [0.29, 0.717) is 16.9 Å². The molecule has 7 nitrogen and oxygen atoms in total. The van der Waals surface area contributed by atoms with E-state index in [-0.39, 0.29) is 30.2 Å². The maximum atomic E-state index is 12.3. The number of carbonyl (C=O) groups excluding carboxylic acids is 2. The summed E-state index contributed by atoms with van der Waals surface area (Å²) in [5, 5.41) is 23.4. The lowest BCUT2D eigenvalue weighted by molar-refractivity contribution is -0.307. The summed E-state index contributed by atoms with van der Waals surface area (Å²) in [6.45, 7) is 1.68. The van der Waals surface area contributed by atoms with Gasteiger partial charge in [-0.2, -0.15) is 0 Å². The summed E-state index contributed by atoms with van der Waals surface area (Å²) < 4.78 is 0. The minimum atomic E-state index is -1.14. The quantitative estimate of drug-likeness (QED) is 0.537. The number of aliphatic carboxylic acids is 1. The average Bonchev–Trinajstić information content (AvgIpc) is 3.11. The van der Waals surface area contributed by atoms with Crippen molar-refractivity contribution in [1.29, 1.82) is 0 Å². The molecule has 0 aromatic carbocycles. The Kier molecular flexibility index (Phi) is 4.71. The number of amides is 2. The Morgan fingerprint density at radius 3 is 2.68 bits per heavy atom. The van der Waals surface area contributed by atoms with Gasteiger partial charge in [0.2, 0.25) is 5.91 Å². The summed E-state index contributed by atoms with van der Waals surface area (Å²) >= 11 is 1.42. The molecule has 2 atom stereocenters. The number of nitrogens with zero attached hydrogens (tertiary/aromatic N) is 1. The van der Waals surface area contributed by atoms with Gasteiger partial charge >= 0.3 is 5.97 Å². The van der Waals surface area contributed by atoms with E-state index < -0.39 is 23.3 Å². The molecule has 132 valence electrons. The monoisotopic (exact) mass is 361 g/mol. The first-order valence-electron chi connectivity index (χ1n) is 7.82. The smallest absolute Gasteiger partial charge is 0.352 e. The molecule has 0 aromatic rings. The molecule has 8 heteroatoms. The first-order chi connectivity index (χ1) is 11.9. The van der Waals surface area contributed by atoms with Crippen molar-refractivity contribution >= 4 is 29.5 Å². The molecule has 1 saturated heterocycles. The Bertz CT molecular complexity index is 751. The van der Waals surface area contributed by atoms with Crippen molar-refractivity contribution in [2.75, 3.05) is 5.75 Å². The molecule has 2 heterocycles. The fraction of sp³-hybridized carbons (Fsp3) is 0.353. The fourth-order valence-electron chi connectivity index (χ4n) is 2.95. The molecule has 0 spiro atoms. The van der Waals surface area contributed by atoms with E-state index in [1.54, 1.807) is 31.2 Å². The van der Waals surface area contributed by atoms with Crippen LogP contribution < -0.4 is 10.4 Å². The molecule has 1 aliphatic carbocycles. The van der Waals surface area contributed by atoms with Gasteiger partial charge in [0.15, 0.2) is 0 Å². The van der Waals surface area contributed by atoms with Crippen LogP contribution in [0.1, 0.15) is 19.8 Å². The van der Waals surface area contributed by atoms with Gasteiger partial charge in [-0.05, 0) is 24.5 Å². The zero-order valence-corrected chi connectivity index (χ0v) is 14.3. The molecule has 3 rings (SSSR count). The van der Waals surface area contributed by atoms with Crippen LogP contribution in [-0.4, -0.2) is 45.0 Å². The van der Waals surface area contributed by atoms with Gasteiger partial charge in [0.25, 0.3) is 5.91 Å². The van der Waals surface area contributed by atoms with Crippen molar-refractivity contribution in [2.45, 2.75) is 31.2 Å². The molecular weight excluding hydrogens is 344 g/mol. The second kappa shape index (κ2) is 6.79. The standard InChI is InChI=1S/C17H18N2O5S/c1-9-8-25-16-13(15(22)19(16)14(9)17(23)24)18-12(21)7-6-11(20)10-4-2-3-5-10/h2-5,13,16,20H,6-8H2,1H3,(H,18,21)(H,23,24)/p-1/t13-,16-/m1/s1. The van der Waals surface area contributed by atoms with Crippen molar-refractivity contribution in [1.82, 2.24) is 10.2 Å². The summed E-state index contributed by atoms with van der Waals surface area (Å²) in [7, 11) is 0. The van der Waals surface area contributed by atoms with Crippen LogP contribution >= 0.6 is 11.8 Å². The van der Waals surface area contributed by atoms with Gasteiger partial charge in [0, 0.05) is 12.2 Å². The van der Waals surface area contributed by atoms with Gasteiger partial charge in [0.1, 0.15) is 17.1 Å². The van der Waals surface area contributed by atoms with E-state index in [0.717, 1.165) is 0 Å². The van der Waals surface area contributed by atoms with Crippen LogP contribution in [0.4, 0.5) is 0 Å². The molecule has 25 heavy (non-hydrogen) atoms. The van der Waals surface area contributed by atoms with Crippen molar-refractivity contribution in [3.63, 3.8) is 0 Å². The zero-order chi connectivity index (χ0) is 18.1. The predicted molar refractivity (Wildman–Crippen MR) is 89.9 cm³/mol. The Morgan fingerprint density at radius 2 is 2.04 bits per heavy atom. The highest BCUT2D eigenvalue weighted by atomic mass is 32.2. The van der Waals surface area contributed by atoms with E-state index in [4.69, 9.17) is 0 Å². The van der Waals surface area contributed by atoms with E-state index in [1.807, 2.05) is 0 Å². The molecule has 1 fully saturated rings. The van der Waals surface area contributed by atoms with Crippen LogP contribution in [-0.2, 0) is 14.4 Å². The largest absolute Gasteiger partial charge is 0.875 e. The lowest BCUT2D eigenvalue weighted by Crippen LogP contribution is -2.70. The summed E-state index contributed by atoms with van der Waals surface area (Å²) in [5.41, 5.74) is 1.20. The number of hydrogen-bond acceptors (Lipinski definition) is 5. The molecule has 3 aliphatic rings. The number of thioether (sulfide) groups is 1. The second-order valence-corrected chi connectivity index (χ2v) is 7.09. The Balaban J connectivity index is 1.58. The minimum absolute atomic E-state index is 0.00522. The maximum Gasteiger partial charge on any atom is 0.352 e. The molecule has 0 aromatic heterocycles. The van der Waals surface area contributed by atoms with Gasteiger partial charge in [-0.15, -0.1) is 17.5 Å². The molecule has 0 radical (unpaired) electrons. The summed E-state index contributed by atoms with van der Waals surface area (Å²) in [6, 6.07) is -0.742. The number of hydrogen-bond donors (Lipinski definition) is 2. The number of fused-ring (bicyclic) bond motifs is 1. The molecular formula is C17H17N2O5S-. The zero-order valence-electron chi connectivity index (χ0n) is 13.5. The molecule has 2 N–H and O–H groups in total. The lowest BCUT2D eigenvalue weighted by atomic mass is 10.0. The fourth-order valence-corrected chi connectivity index (χ4v) is 4.24. The van der Waals surface area contributed by atoms with Crippen LogP contribution in [0.15, 0.2) is 46.9 Å². The third-order valence-electron chi connectivity index (χ3n) is 4.24. The van der Waals surface area contributed by atoms with E-state index >= 15 is 0 Å². The van der Waals surface area contributed by atoms with Crippen LogP contribution in [0.3, 0.4) is 0 Å². The van der Waals surface area contributed by atoms with Gasteiger partial charge in [0.05, 0.1) is 0 Å². The second-order valence-electron chi connectivity index (χ2n) is 5.99. The van der Waals surface area contributed by atoms with Crippen LogP contribution in [0.25, 0.3) is 0 Å². The van der Waals surface area contributed by atoms with E-state index in [1.165, 1.54) is 16.7 Å². The number of carboxylic acids is 1. The third-order valence-corrected chi connectivity index (χ3v) is 5.67. The highest BCUT2D eigenvalue weighted by Gasteiger charge is 2.53. The topological polar surface area (TPSA) is 110 Å². The number of nitrogens with one attached hydrogen (secondary N) is 1. The normalized spacial score (nSPS) is 24.3. The van der Waals surface area contributed by atoms with Crippen molar-refractivity contribution in [2.24, 2.45) is 0 Å². The van der Waals surface area contributed by atoms with Crippen molar-refractivity contribution < 1.29 is 24.6 Å². The van der Waals surface area contributed by atoms with Crippen molar-refractivity contribution in [3.8, 4) is 0 Å². The average molecular weight is 361 g/mol. The number of rotatable bonds is 5. The van der Waals surface area contributed by atoms with Crippen LogP contribution in [0, 0.1) is 0 Å². The Hall–Kier alpha value is -2.48. The van der Waals surface area contributed by atoms with E-state index in [9.17, 15) is 24.6 Å². The first-order valence-corrected chi connectivity index (χ1v) is 8.87. The number of carbonyl (C=O) groups is 3. The minimum Gasteiger partial charge on any atom is -0.875 e. The number of carboxylic acid groups (broad SMARTS) is 1. The lowest BCUT2D eigenvalue weighted by Gasteiger charge is -2.49. The molecule has 0 unspecified atom stereocenters. The molecule has 0 saturated carbocycles. The Morgan fingerprint density at radius 1 is 1.36 bits per heavy atom. The van der Waals surface area contributed by atoms with E-state index in [2.05, 4.69) is 5.32 Å². The summed E-state index contributed by atoms with van der Waals surface area (Å²) in [6.07, 6.45) is 6.95. The highest BCUT2D eigenvalue weighted by molar-refractivity contribution is 8.00. The summed E-state index contributed by atoms with van der Waals surface area (Å²) in [4.78, 5) is 36.9. The summed E-state index contributed by atoms with van der Waals surface area (Å²) in [5.74, 6) is -1.58. The Labute approximate surface area is 148 Å². The number of allylic oxidation sites excluding steroid dienone is 6. The van der Waals surface area contributed by atoms with Gasteiger partial charge in [-0.25, -0.2) is 4.79 Å². The van der Waals surface area contributed by atoms with Crippen LogP contribution in [0.5, 0.6) is 0 Å². The molecule has 2 aliphatic heterocycles.